The van der Waals surface area contributed by atoms with Crippen molar-refractivity contribution < 1.29 is 14.6 Å². The van der Waals surface area contributed by atoms with Crippen LogP contribution in [0.1, 0.15) is 32.8 Å². The summed E-state index contributed by atoms with van der Waals surface area (Å²) in [5, 5.41) is 9.69. The number of benzene rings is 1. The first kappa shape index (κ1) is 13.7. The summed E-state index contributed by atoms with van der Waals surface area (Å²) in [4.78, 5) is 11.5. The lowest BCUT2D eigenvalue weighted by molar-refractivity contribution is -0.155. The molecule has 0 atom stereocenters. The summed E-state index contributed by atoms with van der Waals surface area (Å²) in [6.45, 7) is 5.41. The molecule has 1 rings (SSSR count). The van der Waals surface area contributed by atoms with Crippen LogP contribution in [-0.2, 0) is 16.0 Å². The van der Waals surface area contributed by atoms with E-state index < -0.39 is 11.6 Å². The number of aliphatic hydroxyl groups excluding tert-OH is 1. The fraction of sp³-hybridized carbons (Fsp3) is 0.429. The molecule has 0 fully saturated rings. The molecule has 0 saturated carbocycles. The zero-order valence-electron chi connectivity index (χ0n) is 10.6. The van der Waals surface area contributed by atoms with Gasteiger partial charge in [-0.25, -0.2) is 0 Å². The van der Waals surface area contributed by atoms with E-state index in [1.165, 1.54) is 0 Å². The lowest BCUT2D eigenvalue weighted by atomic mass is 10.1. The quantitative estimate of drug-likeness (QED) is 0.816. The second-order valence-corrected chi connectivity index (χ2v) is 4.99. The van der Waals surface area contributed by atoms with Crippen LogP contribution in [-0.4, -0.2) is 16.7 Å². The summed E-state index contributed by atoms with van der Waals surface area (Å²) >= 11 is 0. The number of hydrogen-bond acceptors (Lipinski definition) is 3. The minimum absolute atomic E-state index is 0.0494. The van der Waals surface area contributed by atoms with Crippen LogP contribution < -0.4 is 0 Å². The van der Waals surface area contributed by atoms with E-state index in [2.05, 4.69) is 0 Å². The lowest BCUT2D eigenvalue weighted by Crippen LogP contribution is -2.25. The maximum absolute atomic E-state index is 11.5. The first-order valence-corrected chi connectivity index (χ1v) is 5.66. The Hall–Kier alpha value is -1.35. The Morgan fingerprint density at radius 3 is 2.35 bits per heavy atom. The molecule has 93 valence electrons. The fourth-order valence-electron chi connectivity index (χ4n) is 1.44. The van der Waals surface area contributed by atoms with Gasteiger partial charge in [-0.15, -0.1) is 0 Å². The molecule has 0 amide bonds. The molecule has 3 nitrogen and oxygen atoms in total. The molecule has 0 aromatic heterocycles. The molecule has 17 heavy (non-hydrogen) atoms. The van der Waals surface area contributed by atoms with Crippen LogP contribution >= 0.6 is 0 Å². The van der Waals surface area contributed by atoms with Gasteiger partial charge in [0.1, 0.15) is 11.7 Å². The molecule has 0 heterocycles. The second-order valence-electron chi connectivity index (χ2n) is 4.99. The normalized spacial score (nSPS) is 11.6. The van der Waals surface area contributed by atoms with Gasteiger partial charge in [0.15, 0.2) is 0 Å². The molecule has 1 N–H and O–H groups in total. The first-order valence-electron chi connectivity index (χ1n) is 5.66. The van der Waals surface area contributed by atoms with Gasteiger partial charge >= 0.3 is 5.97 Å². The Labute approximate surface area is 102 Å². The summed E-state index contributed by atoms with van der Waals surface area (Å²) in [6, 6.07) is 9.53. The van der Waals surface area contributed by atoms with Gasteiger partial charge in [-0.3, -0.25) is 4.79 Å². The predicted molar refractivity (Wildman–Crippen MR) is 65.8 cm³/mol. The molecular weight excluding hydrogens is 216 g/mol. The molecule has 0 aliphatic rings. The molecule has 1 radical (unpaired) electrons. The highest BCUT2D eigenvalue weighted by molar-refractivity contribution is 5.71. The van der Waals surface area contributed by atoms with Gasteiger partial charge in [0.05, 0.1) is 6.42 Å². The van der Waals surface area contributed by atoms with Gasteiger partial charge in [-0.05, 0) is 26.3 Å². The summed E-state index contributed by atoms with van der Waals surface area (Å²) in [5.74, 6) is -0.397. The molecule has 0 unspecified atom stereocenters. The van der Waals surface area contributed by atoms with Crippen molar-refractivity contribution in [3.05, 3.63) is 42.0 Å². The van der Waals surface area contributed by atoms with E-state index >= 15 is 0 Å². The largest absolute Gasteiger partial charge is 0.460 e. The number of esters is 1. The van der Waals surface area contributed by atoms with Gasteiger partial charge < -0.3 is 9.84 Å². The fourth-order valence-corrected chi connectivity index (χ4v) is 1.44. The highest BCUT2D eigenvalue weighted by atomic mass is 16.6. The lowest BCUT2D eigenvalue weighted by Gasteiger charge is -2.20. The third-order valence-corrected chi connectivity index (χ3v) is 2.02. The minimum atomic E-state index is -0.510. The van der Waals surface area contributed by atoms with Crippen LogP contribution in [0.3, 0.4) is 0 Å². The van der Waals surface area contributed by atoms with Crippen LogP contribution in [0.25, 0.3) is 0 Å². The Kier molecular flexibility index (Phi) is 4.70. The second kappa shape index (κ2) is 5.82. The van der Waals surface area contributed by atoms with E-state index in [-0.39, 0.29) is 12.5 Å². The van der Waals surface area contributed by atoms with Crippen molar-refractivity contribution >= 4 is 5.97 Å². The standard InChI is InChI=1S/C14H19O3/c1-14(2,3)17-13(16)10-12(15)9-11-7-5-4-6-8-11/h4-8,15H,9-10H2,1-3H3. The SMILES string of the molecule is CC(C)(C)OC(=O)C[C](O)Cc1ccccc1. The molecule has 1 aromatic carbocycles. The van der Waals surface area contributed by atoms with Crippen molar-refractivity contribution in [2.45, 2.75) is 39.2 Å². The van der Waals surface area contributed by atoms with Gasteiger partial charge in [-0.2, -0.15) is 0 Å². The smallest absolute Gasteiger partial charge is 0.309 e. The van der Waals surface area contributed by atoms with E-state index in [1.807, 2.05) is 30.3 Å². The Balaban J connectivity index is 2.40. The van der Waals surface area contributed by atoms with Crippen LogP contribution in [0.5, 0.6) is 0 Å². The molecule has 0 aliphatic carbocycles. The Bertz CT molecular complexity index is 351. The highest BCUT2D eigenvalue weighted by Gasteiger charge is 2.19. The van der Waals surface area contributed by atoms with Crippen molar-refractivity contribution in [2.75, 3.05) is 0 Å². The predicted octanol–water partition coefficient (Wildman–Crippen LogP) is 2.87. The number of aliphatic hydroxyl groups is 1. The van der Waals surface area contributed by atoms with Crippen molar-refractivity contribution in [1.29, 1.82) is 0 Å². The minimum Gasteiger partial charge on any atom is -0.460 e. The summed E-state index contributed by atoms with van der Waals surface area (Å²) in [6.07, 6.45) is 0.470. The van der Waals surface area contributed by atoms with E-state index in [9.17, 15) is 9.90 Å². The van der Waals surface area contributed by atoms with Crippen molar-refractivity contribution in [2.24, 2.45) is 0 Å². The van der Waals surface area contributed by atoms with Crippen LogP contribution in [0.4, 0.5) is 0 Å². The zero-order chi connectivity index (χ0) is 12.9. The average molecular weight is 235 g/mol. The van der Waals surface area contributed by atoms with E-state index in [4.69, 9.17) is 4.74 Å². The monoisotopic (exact) mass is 235 g/mol. The molecule has 0 bridgehead atoms. The third-order valence-electron chi connectivity index (χ3n) is 2.02. The maximum atomic E-state index is 11.5. The molecule has 3 heteroatoms. The van der Waals surface area contributed by atoms with Crippen molar-refractivity contribution in [3.8, 4) is 0 Å². The summed E-state index contributed by atoms with van der Waals surface area (Å²) in [7, 11) is 0. The molecule has 0 aliphatic heterocycles. The Morgan fingerprint density at radius 1 is 1.24 bits per heavy atom. The number of ether oxygens (including phenoxy) is 1. The zero-order valence-corrected chi connectivity index (χ0v) is 10.6. The van der Waals surface area contributed by atoms with E-state index in [0.717, 1.165) is 5.56 Å². The summed E-state index contributed by atoms with van der Waals surface area (Å²) < 4.78 is 5.13. The number of carbonyl (C=O) groups excluding carboxylic acids is 1. The highest BCUT2D eigenvalue weighted by Crippen LogP contribution is 2.15. The number of hydrogen-bond donors (Lipinski definition) is 1. The molecule has 0 spiro atoms. The van der Waals surface area contributed by atoms with Gasteiger partial charge in [0.25, 0.3) is 0 Å². The van der Waals surface area contributed by atoms with E-state index in [1.54, 1.807) is 20.8 Å². The van der Waals surface area contributed by atoms with E-state index in [0.29, 0.717) is 6.42 Å². The van der Waals surface area contributed by atoms with Crippen molar-refractivity contribution in [3.63, 3.8) is 0 Å². The molecule has 0 saturated heterocycles. The topological polar surface area (TPSA) is 46.5 Å². The van der Waals surface area contributed by atoms with Gasteiger partial charge in [-0.1, -0.05) is 30.3 Å². The van der Waals surface area contributed by atoms with Crippen LogP contribution in [0.2, 0.25) is 0 Å². The Morgan fingerprint density at radius 2 is 1.82 bits per heavy atom. The average Bonchev–Trinajstić information content (AvgIpc) is 2.15. The van der Waals surface area contributed by atoms with Crippen molar-refractivity contribution in [1.82, 2.24) is 0 Å². The van der Waals surface area contributed by atoms with Crippen LogP contribution in [0, 0.1) is 6.10 Å². The summed E-state index contributed by atoms with van der Waals surface area (Å²) in [5.41, 5.74) is 0.470. The molecular formula is C14H19O3. The third kappa shape index (κ3) is 6.07. The number of rotatable bonds is 4. The first-order chi connectivity index (χ1) is 7.87. The molecule has 1 aromatic rings. The van der Waals surface area contributed by atoms with Gasteiger partial charge in [0.2, 0.25) is 0 Å². The number of carbonyl (C=O) groups is 1. The maximum Gasteiger partial charge on any atom is 0.309 e. The van der Waals surface area contributed by atoms with Gasteiger partial charge in [0, 0.05) is 6.42 Å². The van der Waals surface area contributed by atoms with Crippen LogP contribution in [0.15, 0.2) is 30.3 Å².